The molecule has 1 aromatic rings. The van der Waals surface area contributed by atoms with Gasteiger partial charge in [0.2, 0.25) is 0 Å². The maximum Gasteiger partial charge on any atom is 0.154 e. The summed E-state index contributed by atoms with van der Waals surface area (Å²) in [5.41, 5.74) is 0.953. The van der Waals surface area contributed by atoms with E-state index in [-0.39, 0.29) is 6.04 Å². The molecule has 1 atom stereocenters. The third-order valence-electron chi connectivity index (χ3n) is 2.93. The predicted molar refractivity (Wildman–Crippen MR) is 72.5 cm³/mol. The zero-order valence-electron chi connectivity index (χ0n) is 9.98. The Morgan fingerprint density at radius 1 is 1.59 bits per heavy atom. The minimum atomic E-state index is -0.142. The van der Waals surface area contributed by atoms with Crippen LogP contribution in [0.5, 0.6) is 0 Å². The van der Waals surface area contributed by atoms with Gasteiger partial charge in [-0.15, -0.1) is 0 Å². The third kappa shape index (κ3) is 2.60. The Kier molecular flexibility index (Phi) is 3.66. The highest BCUT2D eigenvalue weighted by molar-refractivity contribution is 9.10. The number of aldehydes is 1. The number of pyridine rings is 1. The minimum Gasteiger partial charge on any atom is -0.385 e. The first-order chi connectivity index (χ1) is 8.17. The van der Waals surface area contributed by atoms with E-state index in [0.29, 0.717) is 6.04 Å². The number of nitrogens with one attached hydrogen (secondary N) is 1. The lowest BCUT2D eigenvalue weighted by Gasteiger charge is -2.28. The zero-order chi connectivity index (χ0) is 12.4. The lowest BCUT2D eigenvalue weighted by Crippen LogP contribution is -2.37. The maximum absolute atomic E-state index is 11.0. The van der Waals surface area contributed by atoms with Crippen LogP contribution in [0.2, 0.25) is 0 Å². The molecule has 5 heteroatoms. The van der Waals surface area contributed by atoms with Crippen molar-refractivity contribution in [2.24, 2.45) is 0 Å². The van der Waals surface area contributed by atoms with Gasteiger partial charge >= 0.3 is 0 Å². The molecule has 0 radical (unpaired) electrons. The van der Waals surface area contributed by atoms with Crippen molar-refractivity contribution >= 4 is 33.7 Å². The number of rotatable bonds is 5. The van der Waals surface area contributed by atoms with E-state index in [2.05, 4.69) is 31.1 Å². The van der Waals surface area contributed by atoms with E-state index >= 15 is 0 Å². The van der Waals surface area contributed by atoms with Gasteiger partial charge in [0, 0.05) is 13.1 Å². The normalized spacial score (nSPS) is 16.4. The van der Waals surface area contributed by atoms with E-state index in [9.17, 15) is 4.79 Å². The smallest absolute Gasteiger partial charge is 0.154 e. The van der Waals surface area contributed by atoms with Gasteiger partial charge in [-0.2, -0.15) is 0 Å². The molecule has 1 heterocycles. The molecule has 1 unspecified atom stereocenters. The van der Waals surface area contributed by atoms with Crippen LogP contribution in [0.15, 0.2) is 16.7 Å². The van der Waals surface area contributed by atoms with Crippen molar-refractivity contribution in [2.45, 2.75) is 31.8 Å². The van der Waals surface area contributed by atoms with Gasteiger partial charge < -0.3 is 15.0 Å². The fraction of sp³-hybridized carbons (Fsp3) is 0.500. The summed E-state index contributed by atoms with van der Waals surface area (Å²) >= 11 is 3.38. The van der Waals surface area contributed by atoms with E-state index in [4.69, 9.17) is 0 Å². The molecule has 0 amide bonds. The Morgan fingerprint density at radius 3 is 2.82 bits per heavy atom. The van der Waals surface area contributed by atoms with Crippen molar-refractivity contribution in [3.63, 3.8) is 0 Å². The maximum atomic E-state index is 11.0. The fourth-order valence-electron chi connectivity index (χ4n) is 1.93. The van der Waals surface area contributed by atoms with Crippen molar-refractivity contribution < 1.29 is 4.79 Å². The van der Waals surface area contributed by atoms with Crippen LogP contribution in [0.25, 0.3) is 0 Å². The number of anilines is 2. The minimum absolute atomic E-state index is 0.142. The van der Waals surface area contributed by atoms with Gasteiger partial charge in [-0.3, -0.25) is 0 Å². The molecule has 1 N–H and O–H groups in total. The zero-order valence-corrected chi connectivity index (χ0v) is 11.6. The second-order valence-corrected chi connectivity index (χ2v) is 5.08. The molecule has 0 saturated heterocycles. The summed E-state index contributed by atoms with van der Waals surface area (Å²) in [5, 5.41) is 3.12. The second-order valence-electron chi connectivity index (χ2n) is 4.27. The molecular weight excluding hydrogens is 282 g/mol. The number of carbonyl (C=O) groups is 1. The Balaban J connectivity index is 2.40. The van der Waals surface area contributed by atoms with Crippen LogP contribution in [-0.4, -0.2) is 30.4 Å². The van der Waals surface area contributed by atoms with Crippen molar-refractivity contribution in [3.8, 4) is 0 Å². The molecule has 0 spiro atoms. The molecule has 0 aromatic carbocycles. The molecule has 0 bridgehead atoms. The van der Waals surface area contributed by atoms with Crippen LogP contribution in [0.1, 0.15) is 19.8 Å². The number of hydrogen-bond donors (Lipinski definition) is 1. The molecule has 4 nitrogen and oxygen atoms in total. The SMILES string of the molecule is CNc1ccc(Br)nc1N(C(C)C=O)C1CC1. The van der Waals surface area contributed by atoms with Crippen molar-refractivity contribution in [1.82, 2.24) is 4.98 Å². The summed E-state index contributed by atoms with van der Waals surface area (Å²) in [6, 6.07) is 4.17. The van der Waals surface area contributed by atoms with Crippen molar-refractivity contribution in [2.75, 3.05) is 17.3 Å². The molecule has 0 aliphatic heterocycles. The lowest BCUT2D eigenvalue weighted by atomic mass is 10.2. The first kappa shape index (κ1) is 12.4. The highest BCUT2D eigenvalue weighted by atomic mass is 79.9. The quantitative estimate of drug-likeness (QED) is 0.670. The van der Waals surface area contributed by atoms with Crippen LogP contribution in [0.4, 0.5) is 11.5 Å². The summed E-state index contributed by atoms with van der Waals surface area (Å²) in [6.45, 7) is 1.91. The molecule has 1 aromatic heterocycles. The van der Waals surface area contributed by atoms with E-state index in [1.165, 1.54) is 0 Å². The molecule has 1 aliphatic rings. The topological polar surface area (TPSA) is 45.2 Å². The number of halogens is 1. The first-order valence-electron chi connectivity index (χ1n) is 5.75. The largest absolute Gasteiger partial charge is 0.385 e. The summed E-state index contributed by atoms with van der Waals surface area (Å²) in [6.07, 6.45) is 3.24. The summed E-state index contributed by atoms with van der Waals surface area (Å²) in [4.78, 5) is 17.6. The fourth-order valence-corrected chi connectivity index (χ4v) is 2.23. The van der Waals surface area contributed by atoms with E-state index < -0.39 is 0 Å². The monoisotopic (exact) mass is 297 g/mol. The summed E-state index contributed by atoms with van der Waals surface area (Å²) in [7, 11) is 1.87. The lowest BCUT2D eigenvalue weighted by molar-refractivity contribution is -0.108. The van der Waals surface area contributed by atoms with Gasteiger partial charge in [0.05, 0.1) is 11.7 Å². The Bertz CT molecular complexity index is 420. The van der Waals surface area contributed by atoms with Crippen LogP contribution < -0.4 is 10.2 Å². The molecule has 1 fully saturated rings. The van der Waals surface area contributed by atoms with Gasteiger partial charge in [0.25, 0.3) is 0 Å². The van der Waals surface area contributed by atoms with Gasteiger partial charge in [-0.25, -0.2) is 4.98 Å². The molecular formula is C12H16BrN3O. The van der Waals surface area contributed by atoms with Crippen molar-refractivity contribution in [3.05, 3.63) is 16.7 Å². The van der Waals surface area contributed by atoms with Gasteiger partial charge in [-0.1, -0.05) is 0 Å². The second kappa shape index (κ2) is 5.04. The van der Waals surface area contributed by atoms with Crippen LogP contribution in [0, 0.1) is 0 Å². The molecule has 17 heavy (non-hydrogen) atoms. The molecule has 1 saturated carbocycles. The van der Waals surface area contributed by atoms with E-state index in [0.717, 1.165) is 35.2 Å². The van der Waals surface area contributed by atoms with E-state index in [1.54, 1.807) is 0 Å². The Morgan fingerprint density at radius 2 is 2.29 bits per heavy atom. The number of carbonyl (C=O) groups excluding carboxylic acids is 1. The number of hydrogen-bond acceptors (Lipinski definition) is 4. The van der Waals surface area contributed by atoms with E-state index in [1.807, 2.05) is 26.1 Å². The summed E-state index contributed by atoms with van der Waals surface area (Å²) < 4.78 is 0.787. The first-order valence-corrected chi connectivity index (χ1v) is 6.54. The van der Waals surface area contributed by atoms with Crippen LogP contribution in [0.3, 0.4) is 0 Å². The van der Waals surface area contributed by atoms with Crippen molar-refractivity contribution in [1.29, 1.82) is 0 Å². The van der Waals surface area contributed by atoms with Crippen LogP contribution >= 0.6 is 15.9 Å². The number of nitrogens with zero attached hydrogens (tertiary/aromatic N) is 2. The number of aromatic nitrogens is 1. The Labute approximate surface area is 110 Å². The highest BCUT2D eigenvalue weighted by Gasteiger charge is 2.34. The average Bonchev–Trinajstić information content (AvgIpc) is 3.14. The van der Waals surface area contributed by atoms with Gasteiger partial charge in [0.15, 0.2) is 5.82 Å². The average molecular weight is 298 g/mol. The summed E-state index contributed by atoms with van der Waals surface area (Å²) in [5.74, 6) is 0.851. The standard InChI is InChI=1S/C12H16BrN3O/c1-8(7-17)16(9-3-4-9)12-10(14-2)5-6-11(13)15-12/h5-9,14H,3-4H2,1-2H3. The highest BCUT2D eigenvalue weighted by Crippen LogP contribution is 2.36. The Hall–Kier alpha value is -1.10. The van der Waals surface area contributed by atoms with Gasteiger partial charge in [-0.05, 0) is 47.8 Å². The third-order valence-corrected chi connectivity index (χ3v) is 3.37. The molecule has 92 valence electrons. The molecule has 2 rings (SSSR count). The van der Waals surface area contributed by atoms with Crippen LogP contribution in [-0.2, 0) is 4.79 Å². The van der Waals surface area contributed by atoms with Gasteiger partial charge in [0.1, 0.15) is 10.9 Å². The predicted octanol–water partition coefficient (Wildman–Crippen LogP) is 2.44. The molecule has 1 aliphatic carbocycles.